The average Bonchev–Trinajstić information content (AvgIpc) is 3.14. The number of nitrogens with one attached hydrogen (secondary N) is 1. The number of halogens is 1. The van der Waals surface area contributed by atoms with Gasteiger partial charge in [-0.05, 0) is 37.9 Å². The second-order valence-electron chi connectivity index (χ2n) is 7.13. The standard InChI is InChI=1S/C19H20N4O3.ClH/c24-16(23-12-5-6-13(23)9-20-8-7-12)10-22-11-21-17-14-3-1-2-4-15(14)26-18(17)19(22)25;/h1-4,11-13,20H,5-10H2;1H. The molecule has 1 aromatic carbocycles. The van der Waals surface area contributed by atoms with Crippen LogP contribution >= 0.6 is 12.4 Å². The van der Waals surface area contributed by atoms with Gasteiger partial charge in [0.15, 0.2) is 0 Å². The molecule has 1 N–H and O–H groups in total. The van der Waals surface area contributed by atoms with Gasteiger partial charge in [0.05, 0.1) is 6.33 Å². The highest BCUT2D eigenvalue weighted by Gasteiger charge is 2.37. The topological polar surface area (TPSA) is 80.4 Å². The van der Waals surface area contributed by atoms with Gasteiger partial charge in [-0.1, -0.05) is 12.1 Å². The number of hydrogen-bond acceptors (Lipinski definition) is 5. The lowest BCUT2D eigenvalue weighted by Crippen LogP contribution is -2.45. The number of hydrogen-bond donors (Lipinski definition) is 1. The zero-order chi connectivity index (χ0) is 17.7. The molecule has 3 aromatic rings. The van der Waals surface area contributed by atoms with E-state index in [1.54, 1.807) is 0 Å². The third kappa shape index (κ3) is 2.91. The van der Waals surface area contributed by atoms with E-state index in [0.29, 0.717) is 11.1 Å². The maximum atomic E-state index is 12.9. The first-order valence-corrected chi connectivity index (χ1v) is 9.11. The second-order valence-corrected chi connectivity index (χ2v) is 7.13. The minimum absolute atomic E-state index is 0. The van der Waals surface area contributed by atoms with Crippen molar-refractivity contribution in [2.45, 2.75) is 37.9 Å². The summed E-state index contributed by atoms with van der Waals surface area (Å²) in [5.41, 5.74) is 1.09. The van der Waals surface area contributed by atoms with Crippen LogP contribution in [0.1, 0.15) is 19.3 Å². The van der Waals surface area contributed by atoms with Crippen LogP contribution in [0.4, 0.5) is 0 Å². The molecule has 2 fully saturated rings. The molecule has 0 saturated carbocycles. The molecule has 142 valence electrons. The minimum Gasteiger partial charge on any atom is -0.448 e. The molecule has 2 aliphatic heterocycles. The molecule has 5 rings (SSSR count). The summed E-state index contributed by atoms with van der Waals surface area (Å²) in [4.78, 5) is 32.1. The molecule has 8 heteroatoms. The number of nitrogens with zero attached hydrogens (tertiary/aromatic N) is 3. The molecular formula is C19H21ClN4O3. The van der Waals surface area contributed by atoms with E-state index in [4.69, 9.17) is 4.42 Å². The molecule has 2 saturated heterocycles. The van der Waals surface area contributed by atoms with Crippen molar-refractivity contribution in [1.29, 1.82) is 0 Å². The fourth-order valence-electron chi connectivity index (χ4n) is 4.34. The third-order valence-corrected chi connectivity index (χ3v) is 5.60. The summed E-state index contributed by atoms with van der Waals surface area (Å²) < 4.78 is 7.06. The van der Waals surface area contributed by atoms with E-state index in [-0.39, 0.29) is 48.1 Å². The Morgan fingerprint density at radius 2 is 2.04 bits per heavy atom. The summed E-state index contributed by atoms with van der Waals surface area (Å²) in [5, 5.41) is 4.20. The highest BCUT2D eigenvalue weighted by Crippen LogP contribution is 2.28. The number of amides is 1. The van der Waals surface area contributed by atoms with Crippen LogP contribution in [-0.4, -0.2) is 45.5 Å². The van der Waals surface area contributed by atoms with Gasteiger partial charge in [0.2, 0.25) is 11.5 Å². The normalized spacial score (nSPS) is 22.0. The van der Waals surface area contributed by atoms with Gasteiger partial charge in [0, 0.05) is 24.0 Å². The monoisotopic (exact) mass is 388 g/mol. The highest BCUT2D eigenvalue weighted by atomic mass is 35.5. The van der Waals surface area contributed by atoms with Gasteiger partial charge in [0.25, 0.3) is 5.56 Å². The van der Waals surface area contributed by atoms with E-state index in [1.807, 2.05) is 29.2 Å². The molecule has 2 unspecified atom stereocenters. The molecule has 27 heavy (non-hydrogen) atoms. The Balaban J connectivity index is 0.00000180. The van der Waals surface area contributed by atoms with Crippen molar-refractivity contribution >= 4 is 40.4 Å². The van der Waals surface area contributed by atoms with E-state index in [9.17, 15) is 9.59 Å². The van der Waals surface area contributed by atoms with E-state index in [1.165, 1.54) is 10.9 Å². The van der Waals surface area contributed by atoms with Crippen LogP contribution < -0.4 is 10.9 Å². The fourth-order valence-corrected chi connectivity index (χ4v) is 4.34. The van der Waals surface area contributed by atoms with Gasteiger partial charge in [-0.2, -0.15) is 0 Å². The molecular weight excluding hydrogens is 368 g/mol. The molecule has 7 nitrogen and oxygen atoms in total. The molecule has 0 radical (unpaired) electrons. The first-order valence-electron chi connectivity index (χ1n) is 9.11. The highest BCUT2D eigenvalue weighted by molar-refractivity contribution is 6.01. The Labute approximate surface area is 161 Å². The lowest BCUT2D eigenvalue weighted by atomic mass is 10.1. The van der Waals surface area contributed by atoms with E-state index >= 15 is 0 Å². The number of benzene rings is 1. The number of carbonyl (C=O) groups is 1. The number of aromatic nitrogens is 2. The van der Waals surface area contributed by atoms with Crippen LogP contribution in [0.5, 0.6) is 0 Å². The van der Waals surface area contributed by atoms with E-state index in [2.05, 4.69) is 10.3 Å². The minimum atomic E-state index is -0.306. The van der Waals surface area contributed by atoms with Gasteiger partial charge in [-0.15, -0.1) is 12.4 Å². The molecule has 2 aromatic heterocycles. The summed E-state index contributed by atoms with van der Waals surface area (Å²) in [6.45, 7) is 1.78. The quantitative estimate of drug-likeness (QED) is 0.725. The Kier molecular flexibility index (Phi) is 4.65. The predicted molar refractivity (Wildman–Crippen MR) is 104 cm³/mol. The average molecular weight is 389 g/mol. The first kappa shape index (κ1) is 18.0. The summed E-state index contributed by atoms with van der Waals surface area (Å²) in [6.07, 6.45) is 4.51. The Morgan fingerprint density at radius 1 is 1.22 bits per heavy atom. The maximum absolute atomic E-state index is 12.9. The van der Waals surface area contributed by atoms with Crippen molar-refractivity contribution in [2.75, 3.05) is 13.1 Å². The van der Waals surface area contributed by atoms with Crippen molar-refractivity contribution in [3.8, 4) is 0 Å². The molecule has 2 bridgehead atoms. The molecule has 4 heterocycles. The largest absolute Gasteiger partial charge is 0.448 e. The van der Waals surface area contributed by atoms with Crippen molar-refractivity contribution in [3.05, 3.63) is 40.9 Å². The lowest BCUT2D eigenvalue weighted by molar-refractivity contribution is -0.134. The van der Waals surface area contributed by atoms with Crippen molar-refractivity contribution in [1.82, 2.24) is 19.8 Å². The summed E-state index contributed by atoms with van der Waals surface area (Å²) >= 11 is 0. The van der Waals surface area contributed by atoms with Crippen LogP contribution in [-0.2, 0) is 11.3 Å². The number of rotatable bonds is 2. The molecule has 0 spiro atoms. The van der Waals surface area contributed by atoms with Gasteiger partial charge in [-0.25, -0.2) is 4.98 Å². The summed E-state index contributed by atoms with van der Waals surface area (Å²) in [5.74, 6) is -0.0134. The molecule has 0 aliphatic carbocycles. The SMILES string of the molecule is Cl.O=C(Cn1cnc2c(oc3ccccc32)c1=O)N1C2CCNCC1CC2. The van der Waals surface area contributed by atoms with E-state index in [0.717, 1.165) is 37.7 Å². The van der Waals surface area contributed by atoms with Gasteiger partial charge >= 0.3 is 0 Å². The maximum Gasteiger partial charge on any atom is 0.297 e. The van der Waals surface area contributed by atoms with Crippen LogP contribution in [0.25, 0.3) is 22.1 Å². The third-order valence-electron chi connectivity index (χ3n) is 5.60. The Morgan fingerprint density at radius 3 is 2.93 bits per heavy atom. The van der Waals surface area contributed by atoms with E-state index < -0.39 is 0 Å². The first-order chi connectivity index (χ1) is 12.7. The van der Waals surface area contributed by atoms with Gasteiger partial charge in [0.1, 0.15) is 17.6 Å². The molecule has 2 aliphatic rings. The van der Waals surface area contributed by atoms with Crippen molar-refractivity contribution < 1.29 is 9.21 Å². The van der Waals surface area contributed by atoms with Crippen LogP contribution in [0, 0.1) is 0 Å². The number of carbonyl (C=O) groups excluding carboxylic acids is 1. The Bertz CT molecular complexity index is 1050. The van der Waals surface area contributed by atoms with Crippen LogP contribution in [0.3, 0.4) is 0 Å². The fraction of sp³-hybridized carbons (Fsp3) is 0.421. The summed E-state index contributed by atoms with van der Waals surface area (Å²) in [6, 6.07) is 7.95. The van der Waals surface area contributed by atoms with Gasteiger partial charge < -0.3 is 14.6 Å². The Hall–Kier alpha value is -2.38. The van der Waals surface area contributed by atoms with Gasteiger partial charge in [-0.3, -0.25) is 14.2 Å². The smallest absolute Gasteiger partial charge is 0.297 e. The van der Waals surface area contributed by atoms with Crippen LogP contribution in [0.15, 0.2) is 39.8 Å². The van der Waals surface area contributed by atoms with Crippen LogP contribution in [0.2, 0.25) is 0 Å². The molecule has 2 atom stereocenters. The number of furan rings is 1. The zero-order valence-corrected chi connectivity index (χ0v) is 15.6. The second kappa shape index (κ2) is 6.98. The predicted octanol–water partition coefficient (Wildman–Crippen LogP) is 1.92. The van der Waals surface area contributed by atoms with Crippen molar-refractivity contribution in [3.63, 3.8) is 0 Å². The molecule has 1 amide bonds. The number of para-hydroxylation sites is 1. The van der Waals surface area contributed by atoms with Crippen molar-refractivity contribution in [2.24, 2.45) is 0 Å². The zero-order valence-electron chi connectivity index (χ0n) is 14.8. The number of fused-ring (bicyclic) bond motifs is 5. The lowest BCUT2D eigenvalue weighted by Gasteiger charge is -2.28. The summed E-state index contributed by atoms with van der Waals surface area (Å²) in [7, 11) is 0.